The predicted octanol–water partition coefficient (Wildman–Crippen LogP) is -1.58. The number of aryl methyl sites for hydroxylation is 1. The maximum absolute atomic E-state index is 9.09. The topological polar surface area (TPSA) is 71.7 Å². The normalized spacial score (nSPS) is 11.2. The molecular weight excluding hydrogens is 465 g/mol. The molecule has 0 aliphatic carbocycles. The van der Waals surface area contributed by atoms with Crippen molar-refractivity contribution in [3.05, 3.63) is 45.9 Å². The van der Waals surface area contributed by atoms with Gasteiger partial charge in [-0.25, -0.2) is 0 Å². The van der Waals surface area contributed by atoms with Crippen LogP contribution in [0.4, 0.5) is 0 Å². The lowest BCUT2D eigenvalue weighted by atomic mass is 10.1. The third-order valence-corrected chi connectivity index (χ3v) is 6.25. The Kier molecular flexibility index (Phi) is 16.5. The molecular formula is C24H38Cl2N3O2S-. The maximum atomic E-state index is 9.09. The number of unbranched alkanes of at least 4 members (excludes halogenated alkanes) is 5. The molecule has 3 N–H and O–H groups in total. The van der Waals surface area contributed by atoms with E-state index in [0.29, 0.717) is 5.84 Å². The number of halogens is 2. The van der Waals surface area contributed by atoms with Gasteiger partial charge in [0.1, 0.15) is 18.1 Å². The summed E-state index contributed by atoms with van der Waals surface area (Å²) in [6.07, 6.45) is 8.07. The van der Waals surface area contributed by atoms with E-state index in [0.717, 1.165) is 37.3 Å². The van der Waals surface area contributed by atoms with Gasteiger partial charge in [0.15, 0.2) is 5.69 Å². The average molecular weight is 504 g/mol. The summed E-state index contributed by atoms with van der Waals surface area (Å²) in [5.41, 5.74) is 10.4. The van der Waals surface area contributed by atoms with Gasteiger partial charge in [0, 0.05) is 38.0 Å². The first-order chi connectivity index (χ1) is 14.5. The Labute approximate surface area is 209 Å². The minimum Gasteiger partial charge on any atom is -1.00 e. The van der Waals surface area contributed by atoms with Crippen LogP contribution >= 0.6 is 11.3 Å². The molecule has 0 spiro atoms. The van der Waals surface area contributed by atoms with Gasteiger partial charge in [0.05, 0.1) is 11.5 Å². The van der Waals surface area contributed by atoms with Crippen LogP contribution in [0.25, 0.3) is 0 Å². The number of aliphatic hydroxyl groups excluding tert-OH is 1. The molecule has 0 radical (unpaired) electrons. The molecule has 5 nitrogen and oxygen atoms in total. The van der Waals surface area contributed by atoms with Crippen LogP contribution < -0.4 is 39.9 Å². The highest BCUT2D eigenvalue weighted by Crippen LogP contribution is 2.14. The van der Waals surface area contributed by atoms with Crippen LogP contribution in [0.5, 0.6) is 5.75 Å². The minimum absolute atomic E-state index is 0. The van der Waals surface area contributed by atoms with E-state index in [1.165, 1.54) is 42.7 Å². The summed E-state index contributed by atoms with van der Waals surface area (Å²) in [5, 5.41) is 9.09. The lowest BCUT2D eigenvalue weighted by molar-refractivity contribution is -0.698. The number of hydrogen-bond donors (Lipinski definition) is 2. The van der Waals surface area contributed by atoms with Gasteiger partial charge in [0.25, 0.3) is 0 Å². The van der Waals surface area contributed by atoms with Gasteiger partial charge in [-0.05, 0) is 51.0 Å². The van der Waals surface area contributed by atoms with Crippen molar-refractivity contribution in [2.45, 2.75) is 78.3 Å². The Balaban J connectivity index is 0.00000480. The first kappa shape index (κ1) is 30.7. The van der Waals surface area contributed by atoms with Crippen molar-refractivity contribution in [1.82, 2.24) is 0 Å². The van der Waals surface area contributed by atoms with Crippen LogP contribution in [-0.4, -0.2) is 30.2 Å². The number of thiazole rings is 1. The minimum atomic E-state index is 0. The summed E-state index contributed by atoms with van der Waals surface area (Å²) < 4.78 is 8.17. The molecule has 2 aromatic rings. The van der Waals surface area contributed by atoms with Crippen LogP contribution in [0, 0.1) is 6.92 Å². The molecule has 1 heterocycles. The number of amidine groups is 1. The molecule has 182 valence electrons. The van der Waals surface area contributed by atoms with Crippen LogP contribution in [-0.2, 0) is 13.0 Å². The van der Waals surface area contributed by atoms with E-state index < -0.39 is 0 Å². The molecule has 0 saturated carbocycles. The average Bonchev–Trinajstić information content (AvgIpc) is 3.06. The number of aliphatic hydroxyl groups is 1. The van der Waals surface area contributed by atoms with E-state index in [-0.39, 0.29) is 37.5 Å². The Bertz CT molecular complexity index is 780. The highest BCUT2D eigenvalue weighted by Gasteiger charge is 2.13. The van der Waals surface area contributed by atoms with Crippen LogP contribution in [0.1, 0.15) is 68.5 Å². The van der Waals surface area contributed by atoms with Gasteiger partial charge in [-0.15, -0.1) is 0 Å². The first-order valence-corrected chi connectivity index (χ1v) is 12.0. The standard InChI is InChI=1S/C24H38N3O2S.2ClH/c1-19(2)26-24(25)21-10-12-22(13-11-21)29-17-9-7-5-4-6-8-15-27-18-30-23(14-16-28)20(27)3;;/h10-13,18-19,28H,4-9,14-17H2,1-3H3,(H2,25,26);2*1H/q+1;;/p-2. The number of hydrogen-bond acceptors (Lipinski definition) is 4. The number of ether oxygens (including phenoxy) is 1. The van der Waals surface area contributed by atoms with Crippen LogP contribution in [0.15, 0.2) is 34.8 Å². The quantitative estimate of drug-likeness (QED) is 0.142. The highest BCUT2D eigenvalue weighted by molar-refractivity contribution is 7.09. The summed E-state index contributed by atoms with van der Waals surface area (Å²) in [7, 11) is 0. The number of benzene rings is 1. The third-order valence-electron chi connectivity index (χ3n) is 5.10. The molecule has 0 aliphatic rings. The van der Waals surface area contributed by atoms with Crippen molar-refractivity contribution in [1.29, 1.82) is 0 Å². The lowest BCUT2D eigenvalue weighted by Gasteiger charge is -2.08. The van der Waals surface area contributed by atoms with Crippen LogP contribution in [0.2, 0.25) is 0 Å². The first-order valence-electron chi connectivity index (χ1n) is 11.1. The van der Waals surface area contributed by atoms with E-state index >= 15 is 0 Å². The van der Waals surface area contributed by atoms with E-state index in [1.807, 2.05) is 38.1 Å². The van der Waals surface area contributed by atoms with E-state index in [4.69, 9.17) is 15.6 Å². The number of aromatic nitrogens is 1. The Hall–Kier alpha value is -1.34. The Morgan fingerprint density at radius 3 is 2.31 bits per heavy atom. The molecule has 0 amide bonds. The number of nitrogens with zero attached hydrogens (tertiary/aromatic N) is 2. The van der Waals surface area contributed by atoms with Gasteiger partial charge < -0.3 is 40.4 Å². The zero-order chi connectivity index (χ0) is 21.8. The van der Waals surface area contributed by atoms with Crippen molar-refractivity contribution >= 4 is 17.2 Å². The number of aliphatic imine (C=N–C) groups is 1. The predicted molar refractivity (Wildman–Crippen MR) is 126 cm³/mol. The summed E-state index contributed by atoms with van der Waals surface area (Å²) in [6, 6.07) is 8.07. The second-order valence-corrected chi connectivity index (χ2v) is 8.94. The summed E-state index contributed by atoms with van der Waals surface area (Å²) >= 11 is 1.76. The van der Waals surface area contributed by atoms with E-state index in [1.54, 1.807) is 11.3 Å². The van der Waals surface area contributed by atoms with Gasteiger partial charge in [0.2, 0.25) is 5.51 Å². The zero-order valence-electron chi connectivity index (χ0n) is 19.5. The van der Waals surface area contributed by atoms with E-state index in [2.05, 4.69) is 22.0 Å². The second-order valence-electron chi connectivity index (χ2n) is 8.00. The zero-order valence-corrected chi connectivity index (χ0v) is 21.9. The fourth-order valence-corrected chi connectivity index (χ4v) is 4.38. The summed E-state index contributed by atoms with van der Waals surface area (Å²) in [4.78, 5) is 5.67. The Morgan fingerprint density at radius 2 is 1.69 bits per heavy atom. The smallest absolute Gasteiger partial charge is 0.225 e. The molecule has 2 rings (SSSR count). The fourth-order valence-electron chi connectivity index (χ4n) is 3.37. The van der Waals surface area contributed by atoms with Crippen molar-refractivity contribution in [3.63, 3.8) is 0 Å². The molecule has 0 bridgehead atoms. The Morgan fingerprint density at radius 1 is 1.06 bits per heavy atom. The van der Waals surface area contributed by atoms with Crippen molar-refractivity contribution in [3.8, 4) is 5.75 Å². The van der Waals surface area contributed by atoms with Crippen molar-refractivity contribution in [2.75, 3.05) is 13.2 Å². The molecule has 0 atom stereocenters. The number of rotatable bonds is 14. The highest BCUT2D eigenvalue weighted by atomic mass is 35.5. The van der Waals surface area contributed by atoms with Gasteiger partial charge >= 0.3 is 0 Å². The van der Waals surface area contributed by atoms with Crippen molar-refractivity contribution in [2.24, 2.45) is 10.7 Å². The largest absolute Gasteiger partial charge is 1.00 e. The SMILES string of the molecule is Cc1c(CCO)sc[n+]1CCCCCCCCOc1ccc(C(N)=NC(C)C)cc1.[Cl-].[Cl-]. The molecule has 8 heteroatoms. The summed E-state index contributed by atoms with van der Waals surface area (Å²) in [5.74, 6) is 1.47. The summed E-state index contributed by atoms with van der Waals surface area (Å²) in [6.45, 7) is 8.26. The molecule has 0 aliphatic heterocycles. The maximum Gasteiger partial charge on any atom is 0.225 e. The van der Waals surface area contributed by atoms with Gasteiger partial charge in [-0.1, -0.05) is 30.6 Å². The third kappa shape index (κ3) is 11.0. The monoisotopic (exact) mass is 502 g/mol. The van der Waals surface area contributed by atoms with Crippen LogP contribution in [0.3, 0.4) is 0 Å². The molecule has 1 aromatic heterocycles. The molecule has 0 unspecified atom stereocenters. The second kappa shape index (κ2) is 17.2. The molecule has 0 fully saturated rings. The number of nitrogens with two attached hydrogens (primary N) is 1. The fraction of sp³-hybridized carbons (Fsp3) is 0.583. The van der Waals surface area contributed by atoms with Gasteiger partial charge in [-0.3, -0.25) is 4.99 Å². The molecule has 32 heavy (non-hydrogen) atoms. The van der Waals surface area contributed by atoms with E-state index in [9.17, 15) is 0 Å². The van der Waals surface area contributed by atoms with Crippen molar-refractivity contribution < 1.29 is 39.2 Å². The molecule has 1 aromatic carbocycles. The van der Waals surface area contributed by atoms with Gasteiger partial charge in [-0.2, -0.15) is 4.57 Å². The molecule has 0 saturated heterocycles. The lowest BCUT2D eigenvalue weighted by Crippen LogP contribution is -3.00.